The molecule has 0 aliphatic carbocycles. The fourth-order valence-corrected chi connectivity index (χ4v) is 4.28. The van der Waals surface area contributed by atoms with Crippen LogP contribution in [-0.2, 0) is 5.41 Å². The van der Waals surface area contributed by atoms with Gasteiger partial charge in [0.1, 0.15) is 11.6 Å². The van der Waals surface area contributed by atoms with Crippen LogP contribution in [0, 0.1) is 5.82 Å². The van der Waals surface area contributed by atoms with Crippen molar-refractivity contribution in [2.24, 2.45) is 0 Å². The van der Waals surface area contributed by atoms with Crippen LogP contribution in [0.4, 0.5) is 4.39 Å². The van der Waals surface area contributed by atoms with E-state index in [1.54, 1.807) is 6.07 Å². The minimum absolute atomic E-state index is 0.0244. The Morgan fingerprint density at radius 2 is 1.59 bits per heavy atom. The molecule has 0 atom stereocenters. The molecule has 0 bridgehead atoms. The summed E-state index contributed by atoms with van der Waals surface area (Å²) in [5, 5.41) is 17.7. The molecule has 0 spiro atoms. The molecule has 0 unspecified atom stereocenters. The van der Waals surface area contributed by atoms with E-state index < -0.39 is 5.82 Å². The summed E-state index contributed by atoms with van der Waals surface area (Å²) in [7, 11) is 0. The van der Waals surface area contributed by atoms with Crippen LogP contribution in [0.25, 0.3) is 44.7 Å². The number of halogens is 2. The highest BCUT2D eigenvalue weighted by Crippen LogP contribution is 2.43. The number of aromatic nitrogens is 2. The van der Waals surface area contributed by atoms with Crippen LogP contribution in [0.2, 0.25) is 5.02 Å². The summed E-state index contributed by atoms with van der Waals surface area (Å²) < 4.78 is 19.8. The second-order valence-corrected chi connectivity index (χ2v) is 9.62. The topological polar surface area (TPSA) is 59.2 Å². The van der Waals surface area contributed by atoms with Gasteiger partial charge in [-0.15, -0.1) is 0 Å². The van der Waals surface area contributed by atoms with Crippen LogP contribution in [0.5, 0.6) is 5.75 Å². The Morgan fingerprint density at radius 3 is 2.35 bits per heavy atom. The van der Waals surface area contributed by atoms with Crippen molar-refractivity contribution in [2.45, 2.75) is 26.2 Å². The molecule has 0 saturated heterocycles. The number of nitrogens with zero attached hydrogens (tertiary/aromatic N) is 2. The Balaban J connectivity index is 1.74. The van der Waals surface area contributed by atoms with E-state index >= 15 is 0 Å². The molecule has 170 valence electrons. The number of phenols is 1. The first-order valence-electron chi connectivity index (χ1n) is 10.9. The summed E-state index contributed by atoms with van der Waals surface area (Å²) in [5.74, 6) is -0.437. The highest BCUT2D eigenvalue weighted by atomic mass is 35.5. The standard InChI is InChI=1S/C28H22ClFN2O2/c1-28(2,3)17-14-20(19-11-6-9-16-8-4-5-10-18(16)19)25(33)21(15-17)26-31-27(34-32-26)24-22(29)12-7-13-23(24)30/h4-15,33H,1-3H3. The Labute approximate surface area is 201 Å². The van der Waals surface area contributed by atoms with E-state index in [9.17, 15) is 9.50 Å². The number of fused-ring (bicyclic) bond motifs is 1. The highest BCUT2D eigenvalue weighted by molar-refractivity contribution is 6.33. The van der Waals surface area contributed by atoms with Crippen LogP contribution in [-0.4, -0.2) is 15.2 Å². The molecule has 0 fully saturated rings. The first-order chi connectivity index (χ1) is 16.2. The van der Waals surface area contributed by atoms with Gasteiger partial charge in [-0.3, -0.25) is 0 Å². The predicted octanol–water partition coefficient (Wildman–Crippen LogP) is 8.02. The molecule has 1 heterocycles. The molecule has 0 radical (unpaired) electrons. The summed E-state index contributed by atoms with van der Waals surface area (Å²) >= 11 is 6.18. The average molecular weight is 473 g/mol. The molecule has 0 aliphatic rings. The molecule has 5 rings (SSSR count). The number of hydrogen-bond donors (Lipinski definition) is 1. The van der Waals surface area contributed by atoms with Gasteiger partial charge in [0.15, 0.2) is 0 Å². The minimum atomic E-state index is -0.563. The number of aromatic hydroxyl groups is 1. The summed E-state index contributed by atoms with van der Waals surface area (Å²) in [6.45, 7) is 6.28. The Morgan fingerprint density at radius 1 is 0.882 bits per heavy atom. The molecule has 0 saturated carbocycles. The molecule has 1 aromatic heterocycles. The summed E-state index contributed by atoms with van der Waals surface area (Å²) in [5.41, 5.74) is 2.75. The maximum absolute atomic E-state index is 14.4. The van der Waals surface area contributed by atoms with E-state index in [0.29, 0.717) is 11.1 Å². The van der Waals surface area contributed by atoms with Crippen molar-refractivity contribution in [1.82, 2.24) is 10.1 Å². The minimum Gasteiger partial charge on any atom is -0.507 e. The van der Waals surface area contributed by atoms with Gasteiger partial charge in [-0.2, -0.15) is 4.98 Å². The van der Waals surface area contributed by atoms with Crippen molar-refractivity contribution in [3.8, 4) is 39.7 Å². The highest BCUT2D eigenvalue weighted by Gasteiger charge is 2.24. The zero-order valence-corrected chi connectivity index (χ0v) is 19.7. The molecular weight excluding hydrogens is 451 g/mol. The first-order valence-corrected chi connectivity index (χ1v) is 11.3. The van der Waals surface area contributed by atoms with Crippen LogP contribution >= 0.6 is 11.6 Å². The molecule has 0 aliphatic heterocycles. The zero-order chi connectivity index (χ0) is 24.0. The third-order valence-electron chi connectivity index (χ3n) is 5.90. The summed E-state index contributed by atoms with van der Waals surface area (Å²) in [4.78, 5) is 4.39. The fourth-order valence-electron chi connectivity index (χ4n) is 4.04. The van der Waals surface area contributed by atoms with E-state index in [1.807, 2.05) is 54.6 Å². The van der Waals surface area contributed by atoms with E-state index in [2.05, 4.69) is 30.9 Å². The smallest absolute Gasteiger partial charge is 0.262 e. The maximum Gasteiger partial charge on any atom is 0.262 e. The number of benzene rings is 4. The largest absolute Gasteiger partial charge is 0.507 e. The lowest BCUT2D eigenvalue weighted by Gasteiger charge is -2.22. The molecule has 4 nitrogen and oxygen atoms in total. The monoisotopic (exact) mass is 472 g/mol. The molecular formula is C28H22ClFN2O2. The SMILES string of the molecule is CC(C)(C)c1cc(-c2noc(-c3c(F)cccc3Cl)n2)c(O)c(-c2cccc3ccccc23)c1. The van der Waals surface area contributed by atoms with Gasteiger partial charge >= 0.3 is 0 Å². The summed E-state index contributed by atoms with van der Waals surface area (Å²) in [6, 6.07) is 22.2. The van der Waals surface area contributed by atoms with Gasteiger partial charge in [0.25, 0.3) is 5.89 Å². The van der Waals surface area contributed by atoms with Gasteiger partial charge in [0, 0.05) is 5.56 Å². The van der Waals surface area contributed by atoms with Crippen molar-refractivity contribution in [3.05, 3.63) is 89.2 Å². The van der Waals surface area contributed by atoms with Crippen LogP contribution < -0.4 is 0 Å². The van der Waals surface area contributed by atoms with Crippen molar-refractivity contribution in [2.75, 3.05) is 0 Å². The average Bonchev–Trinajstić information content (AvgIpc) is 3.27. The third-order valence-corrected chi connectivity index (χ3v) is 6.21. The Kier molecular flexibility index (Phi) is 5.37. The van der Waals surface area contributed by atoms with E-state index in [4.69, 9.17) is 16.1 Å². The Hall–Kier alpha value is -3.70. The van der Waals surface area contributed by atoms with Gasteiger partial charge in [-0.1, -0.05) is 86.1 Å². The molecule has 4 aromatic carbocycles. The number of hydrogen-bond acceptors (Lipinski definition) is 4. The van der Waals surface area contributed by atoms with Gasteiger partial charge in [-0.25, -0.2) is 4.39 Å². The van der Waals surface area contributed by atoms with Gasteiger partial charge in [-0.05, 0) is 51.6 Å². The van der Waals surface area contributed by atoms with Crippen molar-refractivity contribution in [1.29, 1.82) is 0 Å². The fraction of sp³-hybridized carbons (Fsp3) is 0.143. The van der Waals surface area contributed by atoms with E-state index in [-0.39, 0.29) is 33.5 Å². The lowest BCUT2D eigenvalue weighted by atomic mass is 9.83. The number of phenolic OH excluding ortho intramolecular Hbond substituents is 1. The molecule has 1 N–H and O–H groups in total. The van der Waals surface area contributed by atoms with E-state index in [0.717, 1.165) is 21.9 Å². The first kappa shape index (κ1) is 22.1. The number of rotatable bonds is 3. The third kappa shape index (κ3) is 3.82. The normalized spacial score (nSPS) is 11.8. The van der Waals surface area contributed by atoms with Gasteiger partial charge < -0.3 is 9.63 Å². The zero-order valence-electron chi connectivity index (χ0n) is 18.9. The van der Waals surface area contributed by atoms with Crippen molar-refractivity contribution < 1.29 is 14.0 Å². The summed E-state index contributed by atoms with van der Waals surface area (Å²) in [6.07, 6.45) is 0. The second kappa shape index (κ2) is 8.26. The van der Waals surface area contributed by atoms with E-state index in [1.165, 1.54) is 12.1 Å². The van der Waals surface area contributed by atoms with Crippen LogP contribution in [0.3, 0.4) is 0 Å². The van der Waals surface area contributed by atoms with Gasteiger partial charge in [0.2, 0.25) is 5.82 Å². The molecule has 0 amide bonds. The van der Waals surface area contributed by atoms with Crippen molar-refractivity contribution in [3.63, 3.8) is 0 Å². The van der Waals surface area contributed by atoms with Crippen molar-refractivity contribution >= 4 is 22.4 Å². The lowest BCUT2D eigenvalue weighted by molar-refractivity contribution is 0.428. The Bertz CT molecular complexity index is 1510. The maximum atomic E-state index is 14.4. The van der Waals surface area contributed by atoms with Crippen LogP contribution in [0.15, 0.2) is 77.3 Å². The quantitative estimate of drug-likeness (QED) is 0.289. The predicted molar refractivity (Wildman–Crippen MR) is 133 cm³/mol. The molecule has 6 heteroatoms. The van der Waals surface area contributed by atoms with Gasteiger partial charge in [0.05, 0.1) is 16.1 Å². The lowest BCUT2D eigenvalue weighted by Crippen LogP contribution is -2.11. The van der Waals surface area contributed by atoms with Crippen LogP contribution in [0.1, 0.15) is 26.3 Å². The molecule has 5 aromatic rings. The second-order valence-electron chi connectivity index (χ2n) is 9.22. The molecule has 34 heavy (non-hydrogen) atoms.